The van der Waals surface area contributed by atoms with E-state index in [1.54, 1.807) is 12.2 Å². The van der Waals surface area contributed by atoms with E-state index in [0.29, 0.717) is 5.76 Å². The van der Waals surface area contributed by atoms with Crippen LogP contribution in [0.3, 0.4) is 0 Å². The molecule has 0 aromatic rings. The standard InChI is InChI=1S/C8H13ClO2/c1-3-8(4-2)11-6-7(10)5-9/h3-4,7,10H,1,5-6H2,2H3/b8-4+. The zero-order valence-corrected chi connectivity index (χ0v) is 7.34. The van der Waals surface area contributed by atoms with Crippen molar-refractivity contribution in [1.29, 1.82) is 0 Å². The van der Waals surface area contributed by atoms with Crippen LogP contribution in [0.25, 0.3) is 0 Å². The summed E-state index contributed by atoms with van der Waals surface area (Å²) >= 11 is 5.35. The van der Waals surface area contributed by atoms with Crippen LogP contribution < -0.4 is 0 Å². The third kappa shape index (κ3) is 4.87. The van der Waals surface area contributed by atoms with E-state index in [4.69, 9.17) is 21.4 Å². The summed E-state index contributed by atoms with van der Waals surface area (Å²) in [5.41, 5.74) is 0. The molecule has 1 N–H and O–H groups in total. The third-order valence-electron chi connectivity index (χ3n) is 1.11. The van der Waals surface area contributed by atoms with Gasteiger partial charge in [-0.2, -0.15) is 0 Å². The van der Waals surface area contributed by atoms with Gasteiger partial charge in [0.2, 0.25) is 0 Å². The lowest BCUT2D eigenvalue weighted by molar-refractivity contribution is 0.0904. The Morgan fingerprint density at radius 2 is 2.45 bits per heavy atom. The first-order valence-corrected chi connectivity index (χ1v) is 3.93. The highest BCUT2D eigenvalue weighted by Crippen LogP contribution is 1.99. The van der Waals surface area contributed by atoms with E-state index in [1.165, 1.54) is 0 Å². The van der Waals surface area contributed by atoms with Crippen LogP contribution in [0.1, 0.15) is 6.92 Å². The van der Waals surface area contributed by atoms with Crippen molar-refractivity contribution in [2.75, 3.05) is 12.5 Å². The maximum Gasteiger partial charge on any atom is 0.115 e. The Morgan fingerprint density at radius 3 is 2.82 bits per heavy atom. The highest BCUT2D eigenvalue weighted by atomic mass is 35.5. The second kappa shape index (κ2) is 6.25. The maximum atomic E-state index is 8.98. The van der Waals surface area contributed by atoms with Crippen molar-refractivity contribution in [3.05, 3.63) is 24.5 Å². The van der Waals surface area contributed by atoms with Gasteiger partial charge in [-0.05, 0) is 19.1 Å². The quantitative estimate of drug-likeness (QED) is 0.393. The highest BCUT2D eigenvalue weighted by Gasteiger charge is 2.01. The van der Waals surface area contributed by atoms with Crippen LogP contribution >= 0.6 is 11.6 Å². The van der Waals surface area contributed by atoms with Gasteiger partial charge in [0, 0.05) is 0 Å². The zero-order chi connectivity index (χ0) is 8.69. The predicted octanol–water partition coefficient (Wildman–Crippen LogP) is 1.69. The van der Waals surface area contributed by atoms with Gasteiger partial charge in [0.15, 0.2) is 0 Å². The largest absolute Gasteiger partial charge is 0.491 e. The number of aliphatic hydroxyl groups is 1. The Hall–Kier alpha value is -0.470. The van der Waals surface area contributed by atoms with E-state index in [9.17, 15) is 0 Å². The van der Waals surface area contributed by atoms with Crippen molar-refractivity contribution < 1.29 is 9.84 Å². The van der Waals surface area contributed by atoms with Crippen molar-refractivity contribution in [2.24, 2.45) is 0 Å². The molecule has 0 heterocycles. The first kappa shape index (κ1) is 10.5. The number of halogens is 1. The summed E-state index contributed by atoms with van der Waals surface area (Å²) in [7, 11) is 0. The summed E-state index contributed by atoms with van der Waals surface area (Å²) in [5, 5.41) is 8.98. The molecule has 64 valence electrons. The summed E-state index contributed by atoms with van der Waals surface area (Å²) in [5.74, 6) is 0.850. The summed E-state index contributed by atoms with van der Waals surface area (Å²) in [4.78, 5) is 0. The van der Waals surface area contributed by atoms with Crippen molar-refractivity contribution in [3.8, 4) is 0 Å². The first-order chi connectivity index (χ1) is 5.24. The van der Waals surface area contributed by atoms with E-state index in [2.05, 4.69) is 6.58 Å². The lowest BCUT2D eigenvalue weighted by atomic mass is 10.4. The van der Waals surface area contributed by atoms with Crippen LogP contribution in [-0.2, 0) is 4.74 Å². The molecule has 0 radical (unpaired) electrons. The molecule has 0 saturated heterocycles. The summed E-state index contributed by atoms with van der Waals surface area (Å²) in [6, 6.07) is 0. The smallest absolute Gasteiger partial charge is 0.115 e. The fourth-order valence-corrected chi connectivity index (χ4v) is 0.586. The Balaban J connectivity index is 3.59. The molecule has 0 aromatic carbocycles. The van der Waals surface area contributed by atoms with Crippen molar-refractivity contribution in [1.82, 2.24) is 0 Å². The number of hydrogen-bond donors (Lipinski definition) is 1. The molecular formula is C8H13ClO2. The Bertz CT molecular complexity index is 143. The molecule has 2 nitrogen and oxygen atoms in total. The van der Waals surface area contributed by atoms with Crippen LogP contribution in [-0.4, -0.2) is 23.7 Å². The predicted molar refractivity (Wildman–Crippen MR) is 46.6 cm³/mol. The number of alkyl halides is 1. The molecule has 0 amide bonds. The molecular weight excluding hydrogens is 164 g/mol. The second-order valence-electron chi connectivity index (χ2n) is 2.01. The van der Waals surface area contributed by atoms with Gasteiger partial charge in [-0.1, -0.05) is 6.58 Å². The minimum atomic E-state index is -0.605. The Kier molecular flexibility index (Phi) is 5.99. The lowest BCUT2D eigenvalue weighted by Gasteiger charge is -2.09. The molecule has 1 atom stereocenters. The number of aliphatic hydroxyl groups excluding tert-OH is 1. The minimum absolute atomic E-state index is 0.189. The third-order valence-corrected chi connectivity index (χ3v) is 1.46. The first-order valence-electron chi connectivity index (χ1n) is 3.40. The molecule has 0 bridgehead atoms. The summed E-state index contributed by atoms with van der Waals surface area (Å²) < 4.78 is 5.10. The van der Waals surface area contributed by atoms with E-state index < -0.39 is 6.10 Å². The van der Waals surface area contributed by atoms with Gasteiger partial charge in [-0.3, -0.25) is 0 Å². The molecule has 0 aliphatic carbocycles. The second-order valence-corrected chi connectivity index (χ2v) is 2.32. The fraction of sp³-hybridized carbons (Fsp3) is 0.500. The monoisotopic (exact) mass is 176 g/mol. The molecule has 3 heteroatoms. The number of ether oxygens (including phenoxy) is 1. The maximum absolute atomic E-state index is 8.98. The summed E-state index contributed by atoms with van der Waals surface area (Å²) in [6.45, 7) is 5.58. The van der Waals surface area contributed by atoms with E-state index in [0.717, 1.165) is 0 Å². The molecule has 0 fully saturated rings. The Labute approximate surface area is 72.1 Å². The topological polar surface area (TPSA) is 29.5 Å². The van der Waals surface area contributed by atoms with Gasteiger partial charge in [0.05, 0.1) is 5.88 Å². The molecule has 0 aliphatic heterocycles. The fourth-order valence-electron chi connectivity index (χ4n) is 0.497. The van der Waals surface area contributed by atoms with E-state index >= 15 is 0 Å². The van der Waals surface area contributed by atoms with Crippen LogP contribution in [0.2, 0.25) is 0 Å². The minimum Gasteiger partial charge on any atom is -0.491 e. The lowest BCUT2D eigenvalue weighted by Crippen LogP contribution is -2.16. The molecule has 11 heavy (non-hydrogen) atoms. The van der Waals surface area contributed by atoms with Crippen molar-refractivity contribution in [3.63, 3.8) is 0 Å². The van der Waals surface area contributed by atoms with Gasteiger partial charge in [-0.25, -0.2) is 0 Å². The van der Waals surface area contributed by atoms with Crippen LogP contribution in [0.4, 0.5) is 0 Å². The van der Waals surface area contributed by atoms with Crippen molar-refractivity contribution in [2.45, 2.75) is 13.0 Å². The number of rotatable bonds is 5. The van der Waals surface area contributed by atoms with Gasteiger partial charge < -0.3 is 9.84 Å². The normalized spacial score (nSPS) is 14.3. The van der Waals surface area contributed by atoms with Crippen molar-refractivity contribution >= 4 is 11.6 Å². The molecule has 0 aliphatic rings. The van der Waals surface area contributed by atoms with E-state index in [-0.39, 0.29) is 12.5 Å². The average Bonchev–Trinajstić information content (AvgIpc) is 2.06. The zero-order valence-electron chi connectivity index (χ0n) is 6.59. The Morgan fingerprint density at radius 1 is 1.82 bits per heavy atom. The van der Waals surface area contributed by atoms with Gasteiger partial charge >= 0.3 is 0 Å². The molecule has 0 spiro atoms. The van der Waals surface area contributed by atoms with Crippen LogP contribution in [0.15, 0.2) is 24.5 Å². The van der Waals surface area contributed by atoms with Gasteiger partial charge in [0.25, 0.3) is 0 Å². The number of allylic oxidation sites excluding steroid dienone is 2. The molecule has 0 rings (SSSR count). The molecule has 1 unspecified atom stereocenters. The molecule has 0 saturated carbocycles. The van der Waals surface area contributed by atoms with Crippen LogP contribution in [0, 0.1) is 0 Å². The average molecular weight is 177 g/mol. The van der Waals surface area contributed by atoms with Gasteiger partial charge in [0.1, 0.15) is 18.5 Å². The highest BCUT2D eigenvalue weighted by molar-refractivity contribution is 6.18. The molecule has 0 aromatic heterocycles. The number of hydrogen-bond acceptors (Lipinski definition) is 2. The SMILES string of the molecule is C=C/C(=C\C)OCC(O)CCl. The van der Waals surface area contributed by atoms with E-state index in [1.807, 2.05) is 6.92 Å². The van der Waals surface area contributed by atoms with Gasteiger partial charge in [-0.15, -0.1) is 11.6 Å². The van der Waals surface area contributed by atoms with Crippen LogP contribution in [0.5, 0.6) is 0 Å². The summed E-state index contributed by atoms with van der Waals surface area (Å²) in [6.07, 6.45) is 2.75.